The van der Waals surface area contributed by atoms with Gasteiger partial charge in [0.05, 0.1) is 17.4 Å². The summed E-state index contributed by atoms with van der Waals surface area (Å²) < 4.78 is 0. The van der Waals surface area contributed by atoms with Crippen LogP contribution in [-0.4, -0.2) is 26.7 Å². The average Bonchev–Trinajstić information content (AvgIpc) is 2.70. The third-order valence-corrected chi connectivity index (χ3v) is 4.32. The molecule has 2 N–H and O–H groups in total. The van der Waals surface area contributed by atoms with E-state index >= 15 is 0 Å². The molecule has 0 bridgehead atoms. The van der Waals surface area contributed by atoms with E-state index in [2.05, 4.69) is 30.8 Å². The predicted molar refractivity (Wildman–Crippen MR) is 108 cm³/mol. The van der Waals surface area contributed by atoms with Gasteiger partial charge in [0.15, 0.2) is 5.82 Å². The molecular weight excluding hydrogens is 360 g/mol. The van der Waals surface area contributed by atoms with Gasteiger partial charge >= 0.3 is 0 Å². The Bertz CT molecular complexity index is 1050. The SMILES string of the molecule is Clc1ccc(CCNc2cnnc(Nc3cccc4cccnc34)n2)cc1. The Kier molecular flexibility index (Phi) is 5.07. The van der Waals surface area contributed by atoms with Crippen molar-refractivity contribution in [1.29, 1.82) is 0 Å². The minimum Gasteiger partial charge on any atom is -0.368 e. The second-order valence-electron chi connectivity index (χ2n) is 5.97. The number of rotatable bonds is 6. The number of halogens is 1. The topological polar surface area (TPSA) is 75.6 Å². The van der Waals surface area contributed by atoms with Gasteiger partial charge in [0.2, 0.25) is 5.95 Å². The van der Waals surface area contributed by atoms with E-state index in [0.717, 1.165) is 34.6 Å². The summed E-state index contributed by atoms with van der Waals surface area (Å²) in [5.41, 5.74) is 2.91. The van der Waals surface area contributed by atoms with Crippen LogP contribution in [0.3, 0.4) is 0 Å². The fourth-order valence-corrected chi connectivity index (χ4v) is 2.88. The lowest BCUT2D eigenvalue weighted by Crippen LogP contribution is -2.09. The molecular formula is C20H17ClN6. The number of hydrogen-bond acceptors (Lipinski definition) is 6. The van der Waals surface area contributed by atoms with E-state index in [1.807, 2.05) is 54.6 Å². The molecule has 0 spiro atoms. The summed E-state index contributed by atoms with van der Waals surface area (Å²) in [6, 6.07) is 17.7. The van der Waals surface area contributed by atoms with E-state index < -0.39 is 0 Å². The van der Waals surface area contributed by atoms with Crippen LogP contribution in [0.15, 0.2) is 67.0 Å². The highest BCUT2D eigenvalue weighted by Crippen LogP contribution is 2.23. The Morgan fingerprint density at radius 2 is 1.81 bits per heavy atom. The third kappa shape index (κ3) is 4.30. The number of nitrogens with zero attached hydrogens (tertiary/aromatic N) is 4. The molecule has 0 radical (unpaired) electrons. The van der Waals surface area contributed by atoms with E-state index in [1.54, 1.807) is 12.4 Å². The minimum atomic E-state index is 0.421. The lowest BCUT2D eigenvalue weighted by atomic mass is 10.1. The summed E-state index contributed by atoms with van der Waals surface area (Å²) >= 11 is 5.91. The standard InChI is InChI=1S/C20H17ClN6/c21-16-8-6-14(7-9-16)10-12-22-18-13-24-27-20(26-18)25-17-5-1-3-15-4-2-11-23-19(15)17/h1-9,11,13H,10,12H2,(H2,22,25,26,27). The highest BCUT2D eigenvalue weighted by Gasteiger charge is 2.05. The number of benzene rings is 2. The van der Waals surface area contributed by atoms with E-state index in [-0.39, 0.29) is 0 Å². The Morgan fingerprint density at radius 3 is 2.70 bits per heavy atom. The van der Waals surface area contributed by atoms with Gasteiger partial charge in [0.25, 0.3) is 0 Å². The van der Waals surface area contributed by atoms with E-state index in [1.165, 1.54) is 5.56 Å². The van der Waals surface area contributed by atoms with E-state index in [4.69, 9.17) is 11.6 Å². The van der Waals surface area contributed by atoms with Crippen molar-refractivity contribution in [3.05, 3.63) is 77.6 Å². The summed E-state index contributed by atoms with van der Waals surface area (Å²) in [5, 5.41) is 16.3. The first kappa shape index (κ1) is 17.2. The normalized spacial score (nSPS) is 10.7. The molecule has 27 heavy (non-hydrogen) atoms. The fourth-order valence-electron chi connectivity index (χ4n) is 2.75. The Morgan fingerprint density at radius 1 is 0.963 bits per heavy atom. The summed E-state index contributed by atoms with van der Waals surface area (Å²) in [6.45, 7) is 0.732. The quantitative estimate of drug-likeness (QED) is 0.517. The number of fused-ring (bicyclic) bond motifs is 1. The fraction of sp³-hybridized carbons (Fsp3) is 0.100. The van der Waals surface area contributed by atoms with Crippen LogP contribution >= 0.6 is 11.6 Å². The van der Waals surface area contributed by atoms with Crippen molar-refractivity contribution in [2.45, 2.75) is 6.42 Å². The van der Waals surface area contributed by atoms with Gasteiger partial charge in [-0.1, -0.05) is 41.9 Å². The lowest BCUT2D eigenvalue weighted by Gasteiger charge is -2.09. The Hall–Kier alpha value is -3.25. The molecule has 0 unspecified atom stereocenters. The molecule has 4 rings (SSSR count). The third-order valence-electron chi connectivity index (χ3n) is 4.07. The summed E-state index contributed by atoms with van der Waals surface area (Å²) in [6.07, 6.45) is 4.23. The lowest BCUT2D eigenvalue weighted by molar-refractivity contribution is 0.950. The molecule has 2 heterocycles. The van der Waals surface area contributed by atoms with Crippen LogP contribution in [0, 0.1) is 0 Å². The van der Waals surface area contributed by atoms with Crippen molar-refractivity contribution < 1.29 is 0 Å². The van der Waals surface area contributed by atoms with Gasteiger partial charge in [-0.15, -0.1) is 5.10 Å². The maximum absolute atomic E-state index is 5.91. The zero-order valence-corrected chi connectivity index (χ0v) is 15.2. The van der Waals surface area contributed by atoms with Crippen molar-refractivity contribution in [1.82, 2.24) is 20.2 Å². The first-order valence-corrected chi connectivity index (χ1v) is 8.94. The first-order chi connectivity index (χ1) is 13.3. The molecule has 4 aromatic rings. The molecule has 6 nitrogen and oxygen atoms in total. The van der Waals surface area contributed by atoms with E-state index in [0.29, 0.717) is 11.8 Å². The maximum atomic E-state index is 5.91. The first-order valence-electron chi connectivity index (χ1n) is 8.57. The number of hydrogen-bond donors (Lipinski definition) is 2. The van der Waals surface area contributed by atoms with Crippen LogP contribution in [0.1, 0.15) is 5.56 Å². The van der Waals surface area contributed by atoms with Gasteiger partial charge in [0, 0.05) is 23.2 Å². The monoisotopic (exact) mass is 376 g/mol. The van der Waals surface area contributed by atoms with Crippen LogP contribution in [-0.2, 0) is 6.42 Å². The van der Waals surface area contributed by atoms with Crippen LogP contribution in [0.5, 0.6) is 0 Å². The second-order valence-corrected chi connectivity index (χ2v) is 6.41. The molecule has 0 fully saturated rings. The van der Waals surface area contributed by atoms with Gasteiger partial charge < -0.3 is 10.6 Å². The molecule has 7 heteroatoms. The van der Waals surface area contributed by atoms with Gasteiger partial charge in [-0.2, -0.15) is 10.1 Å². The van der Waals surface area contributed by atoms with Crippen molar-refractivity contribution in [2.24, 2.45) is 0 Å². The highest BCUT2D eigenvalue weighted by atomic mass is 35.5. The number of para-hydroxylation sites is 1. The molecule has 134 valence electrons. The smallest absolute Gasteiger partial charge is 0.249 e. The van der Waals surface area contributed by atoms with Crippen molar-refractivity contribution in [3.8, 4) is 0 Å². The molecule has 0 aliphatic carbocycles. The summed E-state index contributed by atoms with van der Waals surface area (Å²) in [5.74, 6) is 1.08. The molecule has 2 aromatic heterocycles. The largest absolute Gasteiger partial charge is 0.368 e. The number of pyridine rings is 1. The van der Waals surface area contributed by atoms with Crippen LogP contribution in [0.25, 0.3) is 10.9 Å². The van der Waals surface area contributed by atoms with Crippen molar-refractivity contribution in [2.75, 3.05) is 17.2 Å². The van der Waals surface area contributed by atoms with Crippen LogP contribution in [0.2, 0.25) is 5.02 Å². The highest BCUT2D eigenvalue weighted by molar-refractivity contribution is 6.30. The number of anilines is 3. The molecule has 0 saturated heterocycles. The van der Waals surface area contributed by atoms with Crippen molar-refractivity contribution >= 4 is 40.0 Å². The number of aromatic nitrogens is 4. The molecule has 0 saturated carbocycles. The molecule has 0 amide bonds. The second kappa shape index (κ2) is 7.97. The summed E-state index contributed by atoms with van der Waals surface area (Å²) in [4.78, 5) is 8.90. The molecule has 0 atom stereocenters. The number of nitrogens with one attached hydrogen (secondary N) is 2. The predicted octanol–water partition coefficient (Wildman–Crippen LogP) is 4.47. The maximum Gasteiger partial charge on any atom is 0.249 e. The average molecular weight is 377 g/mol. The van der Waals surface area contributed by atoms with Crippen LogP contribution in [0.4, 0.5) is 17.5 Å². The minimum absolute atomic E-state index is 0.421. The van der Waals surface area contributed by atoms with Gasteiger partial charge in [-0.05, 0) is 36.2 Å². The van der Waals surface area contributed by atoms with Gasteiger partial charge in [-0.3, -0.25) is 4.98 Å². The zero-order chi connectivity index (χ0) is 18.5. The zero-order valence-electron chi connectivity index (χ0n) is 14.4. The van der Waals surface area contributed by atoms with E-state index in [9.17, 15) is 0 Å². The molecule has 0 aliphatic heterocycles. The van der Waals surface area contributed by atoms with Crippen molar-refractivity contribution in [3.63, 3.8) is 0 Å². The van der Waals surface area contributed by atoms with Gasteiger partial charge in [0.1, 0.15) is 0 Å². The summed E-state index contributed by atoms with van der Waals surface area (Å²) in [7, 11) is 0. The van der Waals surface area contributed by atoms with Crippen LogP contribution < -0.4 is 10.6 Å². The Labute approximate surface area is 161 Å². The van der Waals surface area contributed by atoms with Gasteiger partial charge in [-0.25, -0.2) is 0 Å². The Balaban J connectivity index is 1.43. The molecule has 0 aliphatic rings. The molecule has 2 aromatic carbocycles.